The number of hydrogen-bond donors (Lipinski definition) is 1. The Labute approximate surface area is 95.1 Å². The third kappa shape index (κ3) is 3.09. The molecule has 88 valence electrons. The normalized spacial score (nSPS) is 30.5. The predicted octanol–water partition coefficient (Wildman–Crippen LogP) is 0.660. The first-order valence-corrected chi connectivity index (χ1v) is 6.13. The van der Waals surface area contributed by atoms with Crippen molar-refractivity contribution in [2.45, 2.75) is 24.1 Å². The van der Waals surface area contributed by atoms with E-state index in [1.54, 1.807) is 18.9 Å². The molecule has 0 radical (unpaired) electrons. The largest absolute Gasteiger partial charge is 0.468 e. The zero-order chi connectivity index (χ0) is 11.3. The molecule has 2 atom stereocenters. The van der Waals surface area contributed by atoms with Gasteiger partial charge in [-0.3, -0.25) is 10.1 Å². The first-order valence-electron chi connectivity index (χ1n) is 5.08. The molecule has 4 nitrogen and oxygen atoms in total. The van der Waals surface area contributed by atoms with Crippen molar-refractivity contribution in [3.63, 3.8) is 0 Å². The van der Waals surface area contributed by atoms with Crippen molar-refractivity contribution in [1.29, 1.82) is 0 Å². The van der Waals surface area contributed by atoms with E-state index in [4.69, 9.17) is 9.47 Å². The summed E-state index contributed by atoms with van der Waals surface area (Å²) in [5.41, 5.74) is -0.503. The Hall–Kier alpha value is -0.260. The molecule has 0 saturated carbocycles. The van der Waals surface area contributed by atoms with E-state index in [9.17, 15) is 4.79 Å². The summed E-state index contributed by atoms with van der Waals surface area (Å²) in [4.78, 5) is 11.7. The molecule has 0 amide bonds. The van der Waals surface area contributed by atoms with Crippen molar-refractivity contribution >= 4 is 17.7 Å². The Bertz CT molecular complexity index is 225. The van der Waals surface area contributed by atoms with E-state index in [2.05, 4.69) is 12.2 Å². The monoisotopic (exact) mass is 233 g/mol. The predicted molar refractivity (Wildman–Crippen MR) is 61.2 cm³/mol. The average molecular weight is 233 g/mol. The van der Waals surface area contributed by atoms with Gasteiger partial charge in [-0.1, -0.05) is 6.92 Å². The minimum absolute atomic E-state index is 0.157. The van der Waals surface area contributed by atoms with Gasteiger partial charge in [0, 0.05) is 24.7 Å². The van der Waals surface area contributed by atoms with Crippen molar-refractivity contribution < 1.29 is 14.3 Å². The third-order valence-corrected chi connectivity index (χ3v) is 3.99. The van der Waals surface area contributed by atoms with Gasteiger partial charge in [0.25, 0.3) is 0 Å². The van der Waals surface area contributed by atoms with Crippen LogP contribution in [-0.4, -0.2) is 49.9 Å². The van der Waals surface area contributed by atoms with Gasteiger partial charge in [0.05, 0.1) is 13.7 Å². The van der Waals surface area contributed by atoms with E-state index in [-0.39, 0.29) is 5.97 Å². The highest BCUT2D eigenvalue weighted by atomic mass is 32.2. The molecule has 5 heteroatoms. The second-order valence-electron chi connectivity index (χ2n) is 3.82. The maximum atomic E-state index is 11.7. The van der Waals surface area contributed by atoms with Crippen LogP contribution in [0.25, 0.3) is 0 Å². The number of rotatable bonds is 5. The van der Waals surface area contributed by atoms with Crippen molar-refractivity contribution in [3.05, 3.63) is 0 Å². The molecule has 1 aliphatic rings. The Morgan fingerprint density at radius 1 is 1.60 bits per heavy atom. The molecule has 2 unspecified atom stereocenters. The summed E-state index contributed by atoms with van der Waals surface area (Å²) >= 11 is 1.80. The van der Waals surface area contributed by atoms with Gasteiger partial charge in [-0.2, -0.15) is 11.8 Å². The van der Waals surface area contributed by atoms with Gasteiger partial charge in [-0.15, -0.1) is 0 Å². The van der Waals surface area contributed by atoms with Crippen LogP contribution in [0, 0.1) is 0 Å². The lowest BCUT2D eigenvalue weighted by atomic mass is 9.96. The summed E-state index contributed by atoms with van der Waals surface area (Å²) in [6.07, 6.45) is 0.827. The molecule has 0 bridgehead atoms. The second-order valence-corrected chi connectivity index (χ2v) is 5.25. The minimum Gasteiger partial charge on any atom is -0.468 e. The number of carbonyl (C=O) groups excluding carboxylic acids is 1. The van der Waals surface area contributed by atoms with E-state index < -0.39 is 5.54 Å². The minimum atomic E-state index is -0.503. The standard InChI is InChI=1S/C10H19NO3S/c1-8-6-10(7-15-8,9(12)14-3)11-4-5-13-2/h8,11H,4-7H2,1-3H3. The quantitative estimate of drug-likeness (QED) is 0.558. The fraction of sp³-hybridized carbons (Fsp3) is 0.900. The van der Waals surface area contributed by atoms with Gasteiger partial charge in [0.15, 0.2) is 0 Å². The van der Waals surface area contributed by atoms with Crippen molar-refractivity contribution in [2.75, 3.05) is 33.1 Å². The van der Waals surface area contributed by atoms with Gasteiger partial charge >= 0.3 is 5.97 Å². The molecule has 0 spiro atoms. The van der Waals surface area contributed by atoms with Gasteiger partial charge in [-0.25, -0.2) is 0 Å². The van der Waals surface area contributed by atoms with Crippen LogP contribution in [-0.2, 0) is 14.3 Å². The van der Waals surface area contributed by atoms with Crippen molar-refractivity contribution in [2.24, 2.45) is 0 Å². The highest BCUT2D eigenvalue weighted by Crippen LogP contribution is 2.35. The first-order chi connectivity index (χ1) is 7.14. The van der Waals surface area contributed by atoms with E-state index in [1.165, 1.54) is 7.11 Å². The van der Waals surface area contributed by atoms with Gasteiger partial charge < -0.3 is 9.47 Å². The lowest BCUT2D eigenvalue weighted by Crippen LogP contribution is -2.54. The number of methoxy groups -OCH3 is 2. The molecular weight excluding hydrogens is 214 g/mol. The first kappa shape index (κ1) is 12.8. The van der Waals surface area contributed by atoms with Crippen LogP contribution in [0.2, 0.25) is 0 Å². The highest BCUT2D eigenvalue weighted by Gasteiger charge is 2.45. The summed E-state index contributed by atoms with van der Waals surface area (Å²) in [5, 5.41) is 3.76. The second kappa shape index (κ2) is 5.72. The van der Waals surface area contributed by atoms with Crippen LogP contribution >= 0.6 is 11.8 Å². The Morgan fingerprint density at radius 3 is 2.80 bits per heavy atom. The Morgan fingerprint density at radius 2 is 2.33 bits per heavy atom. The molecule has 1 fully saturated rings. The van der Waals surface area contributed by atoms with Crippen LogP contribution in [0.5, 0.6) is 0 Å². The summed E-state index contributed by atoms with van der Waals surface area (Å²) in [6.45, 7) is 3.42. The number of esters is 1. The Kier molecular flexibility index (Phi) is 4.89. The number of nitrogens with one attached hydrogen (secondary N) is 1. The number of carbonyl (C=O) groups is 1. The molecule has 1 rings (SSSR count). The lowest BCUT2D eigenvalue weighted by molar-refractivity contribution is -0.147. The molecular formula is C10H19NO3S. The van der Waals surface area contributed by atoms with E-state index in [0.29, 0.717) is 18.4 Å². The maximum absolute atomic E-state index is 11.7. The van der Waals surface area contributed by atoms with Crippen LogP contribution in [0.3, 0.4) is 0 Å². The van der Waals surface area contributed by atoms with Crippen molar-refractivity contribution in [1.82, 2.24) is 5.32 Å². The van der Waals surface area contributed by atoms with Gasteiger partial charge in [-0.05, 0) is 6.42 Å². The molecule has 0 aromatic carbocycles. The SMILES string of the molecule is COCCNC1(C(=O)OC)CSC(C)C1. The summed E-state index contributed by atoms with van der Waals surface area (Å²) in [5.74, 6) is 0.625. The molecule has 15 heavy (non-hydrogen) atoms. The molecule has 1 heterocycles. The van der Waals surface area contributed by atoms with Gasteiger partial charge in [0.2, 0.25) is 0 Å². The number of ether oxygens (including phenoxy) is 2. The zero-order valence-electron chi connectivity index (χ0n) is 9.54. The summed E-state index contributed by atoms with van der Waals surface area (Å²) in [7, 11) is 3.09. The summed E-state index contributed by atoms with van der Waals surface area (Å²) < 4.78 is 9.83. The molecule has 0 aromatic rings. The third-order valence-electron chi connectivity index (χ3n) is 2.60. The molecule has 1 aliphatic heterocycles. The lowest BCUT2D eigenvalue weighted by Gasteiger charge is -2.26. The zero-order valence-corrected chi connectivity index (χ0v) is 10.4. The number of thioether (sulfide) groups is 1. The van der Waals surface area contributed by atoms with E-state index in [0.717, 1.165) is 12.2 Å². The van der Waals surface area contributed by atoms with Crippen LogP contribution in [0.15, 0.2) is 0 Å². The topological polar surface area (TPSA) is 47.6 Å². The van der Waals surface area contributed by atoms with Gasteiger partial charge in [0.1, 0.15) is 5.54 Å². The fourth-order valence-electron chi connectivity index (χ4n) is 1.82. The fourth-order valence-corrected chi connectivity index (χ4v) is 3.13. The molecule has 1 N–H and O–H groups in total. The average Bonchev–Trinajstić information content (AvgIpc) is 2.61. The van der Waals surface area contributed by atoms with Crippen LogP contribution in [0.4, 0.5) is 0 Å². The number of hydrogen-bond acceptors (Lipinski definition) is 5. The van der Waals surface area contributed by atoms with Crippen LogP contribution in [0.1, 0.15) is 13.3 Å². The Balaban J connectivity index is 2.57. The van der Waals surface area contributed by atoms with E-state index >= 15 is 0 Å². The smallest absolute Gasteiger partial charge is 0.326 e. The molecule has 0 aromatic heterocycles. The van der Waals surface area contributed by atoms with Crippen LogP contribution < -0.4 is 5.32 Å². The molecule has 0 aliphatic carbocycles. The molecule has 1 saturated heterocycles. The van der Waals surface area contributed by atoms with E-state index in [1.807, 2.05) is 0 Å². The van der Waals surface area contributed by atoms with Crippen molar-refractivity contribution in [3.8, 4) is 0 Å². The highest BCUT2D eigenvalue weighted by molar-refractivity contribution is 8.00. The maximum Gasteiger partial charge on any atom is 0.326 e. The summed E-state index contributed by atoms with van der Waals surface area (Å²) in [6, 6.07) is 0.